The van der Waals surface area contributed by atoms with Gasteiger partial charge >= 0.3 is 6.09 Å². The zero-order valence-corrected chi connectivity index (χ0v) is 22.3. The van der Waals surface area contributed by atoms with Crippen molar-refractivity contribution in [2.75, 3.05) is 26.2 Å². The van der Waals surface area contributed by atoms with Crippen LogP contribution in [0.5, 0.6) is 0 Å². The number of ether oxygens (including phenoxy) is 1. The van der Waals surface area contributed by atoms with E-state index >= 15 is 0 Å². The number of nitro benzene ring substituents is 1. The van der Waals surface area contributed by atoms with Gasteiger partial charge in [-0.3, -0.25) is 10.1 Å². The SMILES string of the molecule is C=CCN(C(=O)OCc1ccc([N+](=O)[O-])cc1)C1CCN(CCC(C)(CCCC)c2ccccc2)CC1. The summed E-state index contributed by atoms with van der Waals surface area (Å²) in [5, 5.41) is 10.8. The Labute approximate surface area is 221 Å². The van der Waals surface area contributed by atoms with Crippen LogP contribution in [0.2, 0.25) is 0 Å². The second-order valence-electron chi connectivity index (χ2n) is 10.3. The number of non-ortho nitro benzene ring substituents is 1. The molecule has 0 bridgehead atoms. The van der Waals surface area contributed by atoms with E-state index in [1.807, 2.05) is 0 Å². The molecule has 0 N–H and O–H groups in total. The van der Waals surface area contributed by atoms with Gasteiger partial charge in [0.05, 0.1) is 4.92 Å². The molecule has 0 spiro atoms. The largest absolute Gasteiger partial charge is 0.445 e. The van der Waals surface area contributed by atoms with Gasteiger partial charge in [-0.2, -0.15) is 0 Å². The molecule has 3 rings (SSSR count). The van der Waals surface area contributed by atoms with Crippen molar-refractivity contribution in [1.82, 2.24) is 9.80 Å². The van der Waals surface area contributed by atoms with Gasteiger partial charge in [0.15, 0.2) is 0 Å². The van der Waals surface area contributed by atoms with E-state index in [2.05, 4.69) is 55.7 Å². The second-order valence-corrected chi connectivity index (χ2v) is 10.3. The van der Waals surface area contributed by atoms with E-state index in [4.69, 9.17) is 4.74 Å². The summed E-state index contributed by atoms with van der Waals surface area (Å²) < 4.78 is 5.56. The van der Waals surface area contributed by atoms with Crippen LogP contribution in [0.1, 0.15) is 63.5 Å². The molecule has 0 aromatic heterocycles. The van der Waals surface area contributed by atoms with Crippen LogP contribution >= 0.6 is 0 Å². The van der Waals surface area contributed by atoms with Crippen molar-refractivity contribution in [3.05, 3.63) is 88.5 Å². The quantitative estimate of drug-likeness (QED) is 0.171. The van der Waals surface area contributed by atoms with E-state index in [0.717, 1.165) is 44.5 Å². The molecule has 1 unspecified atom stereocenters. The van der Waals surface area contributed by atoms with E-state index in [9.17, 15) is 14.9 Å². The second kappa shape index (κ2) is 13.9. The lowest BCUT2D eigenvalue weighted by Gasteiger charge is -2.39. The Morgan fingerprint density at radius 3 is 2.43 bits per heavy atom. The molecule has 1 amide bonds. The number of hydrogen-bond acceptors (Lipinski definition) is 5. The first-order valence-corrected chi connectivity index (χ1v) is 13.4. The first-order valence-electron chi connectivity index (χ1n) is 13.4. The summed E-state index contributed by atoms with van der Waals surface area (Å²) in [6, 6.07) is 17.1. The molecule has 1 aliphatic heterocycles. The Bertz CT molecular complexity index is 1000. The predicted octanol–water partition coefficient (Wildman–Crippen LogP) is 6.72. The van der Waals surface area contributed by atoms with E-state index in [1.54, 1.807) is 23.1 Å². The summed E-state index contributed by atoms with van der Waals surface area (Å²) in [5.41, 5.74) is 2.33. The molecule has 1 fully saturated rings. The number of piperidine rings is 1. The lowest BCUT2D eigenvalue weighted by atomic mass is 9.75. The van der Waals surface area contributed by atoms with Crippen LogP contribution in [0.4, 0.5) is 10.5 Å². The maximum absolute atomic E-state index is 12.9. The molecule has 1 heterocycles. The molecular formula is C30H41N3O4. The normalized spacial score (nSPS) is 16.1. The van der Waals surface area contributed by atoms with Crippen molar-refractivity contribution in [2.45, 2.75) is 70.4 Å². The average molecular weight is 508 g/mol. The van der Waals surface area contributed by atoms with E-state index in [0.29, 0.717) is 6.54 Å². The summed E-state index contributed by atoms with van der Waals surface area (Å²) in [6.07, 6.45) is 7.91. The van der Waals surface area contributed by atoms with E-state index in [-0.39, 0.29) is 29.8 Å². The molecule has 37 heavy (non-hydrogen) atoms. The number of nitro groups is 1. The number of amides is 1. The highest BCUT2D eigenvalue weighted by atomic mass is 16.6. The first-order chi connectivity index (χ1) is 17.9. The molecule has 200 valence electrons. The molecular weight excluding hydrogens is 466 g/mol. The highest BCUT2D eigenvalue weighted by Crippen LogP contribution is 2.34. The third kappa shape index (κ3) is 8.15. The van der Waals surface area contributed by atoms with Crippen LogP contribution in [0.15, 0.2) is 67.3 Å². The average Bonchev–Trinajstić information content (AvgIpc) is 2.93. The monoisotopic (exact) mass is 507 g/mol. The summed E-state index contributed by atoms with van der Waals surface area (Å²) >= 11 is 0. The highest BCUT2D eigenvalue weighted by molar-refractivity contribution is 5.68. The molecule has 1 saturated heterocycles. The fourth-order valence-corrected chi connectivity index (χ4v) is 5.13. The van der Waals surface area contributed by atoms with Gasteiger partial charge in [0.25, 0.3) is 5.69 Å². The number of nitrogens with zero attached hydrogens (tertiary/aromatic N) is 3. The molecule has 0 radical (unpaired) electrons. The number of carbonyl (C=O) groups is 1. The number of carbonyl (C=O) groups excluding carboxylic acids is 1. The molecule has 0 saturated carbocycles. The highest BCUT2D eigenvalue weighted by Gasteiger charge is 2.31. The Kier molecular flexibility index (Phi) is 10.7. The van der Waals surface area contributed by atoms with Crippen LogP contribution in [0.3, 0.4) is 0 Å². The van der Waals surface area contributed by atoms with Gasteiger partial charge in [-0.15, -0.1) is 6.58 Å². The van der Waals surface area contributed by atoms with Gasteiger partial charge < -0.3 is 14.5 Å². The fourth-order valence-electron chi connectivity index (χ4n) is 5.13. The maximum atomic E-state index is 12.9. The lowest BCUT2D eigenvalue weighted by molar-refractivity contribution is -0.384. The van der Waals surface area contributed by atoms with Crippen LogP contribution in [-0.2, 0) is 16.8 Å². The van der Waals surface area contributed by atoms with Gasteiger partial charge in [-0.1, -0.05) is 63.1 Å². The van der Waals surface area contributed by atoms with E-state index in [1.165, 1.54) is 37.0 Å². The minimum absolute atomic E-state index is 0.0181. The third-order valence-corrected chi connectivity index (χ3v) is 7.60. The van der Waals surface area contributed by atoms with Crippen LogP contribution in [-0.4, -0.2) is 53.0 Å². The van der Waals surface area contributed by atoms with E-state index < -0.39 is 4.92 Å². The molecule has 2 aromatic carbocycles. The molecule has 7 heteroatoms. The zero-order chi connectivity index (χ0) is 26.7. The van der Waals surface area contributed by atoms with Crippen molar-refractivity contribution in [1.29, 1.82) is 0 Å². The van der Waals surface area contributed by atoms with Crippen molar-refractivity contribution < 1.29 is 14.5 Å². The molecule has 7 nitrogen and oxygen atoms in total. The number of unbranched alkanes of at least 4 members (excludes halogenated alkanes) is 1. The fraction of sp³-hybridized carbons (Fsp3) is 0.500. The number of rotatable bonds is 13. The Balaban J connectivity index is 1.52. The first kappa shape index (κ1) is 28.4. The Hall–Kier alpha value is -3.19. The summed E-state index contributed by atoms with van der Waals surface area (Å²) in [5.74, 6) is 0. The summed E-state index contributed by atoms with van der Waals surface area (Å²) in [6.45, 7) is 11.9. The molecule has 1 aliphatic rings. The number of benzene rings is 2. The van der Waals surface area contributed by atoms with Crippen molar-refractivity contribution in [2.24, 2.45) is 0 Å². The molecule has 0 aliphatic carbocycles. The van der Waals surface area contributed by atoms with Crippen molar-refractivity contribution in [3.63, 3.8) is 0 Å². The van der Waals surface area contributed by atoms with Crippen LogP contribution in [0, 0.1) is 10.1 Å². The van der Waals surface area contributed by atoms with Gasteiger partial charge in [0.2, 0.25) is 0 Å². The number of likely N-dealkylation sites (tertiary alicyclic amines) is 1. The predicted molar refractivity (Wildman–Crippen MR) is 148 cm³/mol. The molecule has 1 atom stereocenters. The van der Waals surface area contributed by atoms with Gasteiger partial charge in [-0.25, -0.2) is 4.79 Å². The lowest BCUT2D eigenvalue weighted by Crippen LogP contribution is -2.48. The van der Waals surface area contributed by atoms with Gasteiger partial charge in [-0.05, 0) is 60.9 Å². The number of hydrogen-bond donors (Lipinski definition) is 0. The minimum atomic E-state index is -0.443. The van der Waals surface area contributed by atoms with Crippen molar-refractivity contribution >= 4 is 11.8 Å². The van der Waals surface area contributed by atoms with Crippen molar-refractivity contribution in [3.8, 4) is 0 Å². The molecule has 2 aromatic rings. The standard InChI is InChI=1S/C30H41N3O4/c1-4-6-18-30(3,26-10-8-7-9-11-26)19-23-31-21-16-27(17-22-31)32(20-5-2)29(34)37-24-25-12-14-28(15-13-25)33(35)36/h5,7-15,27H,2,4,6,16-24H2,1,3H3. The van der Waals surface area contributed by atoms with Gasteiger partial charge in [0, 0.05) is 37.8 Å². The maximum Gasteiger partial charge on any atom is 0.410 e. The Morgan fingerprint density at radius 1 is 1.16 bits per heavy atom. The van der Waals surface area contributed by atoms with Crippen LogP contribution in [0.25, 0.3) is 0 Å². The smallest absolute Gasteiger partial charge is 0.410 e. The van der Waals surface area contributed by atoms with Gasteiger partial charge in [0.1, 0.15) is 6.61 Å². The minimum Gasteiger partial charge on any atom is -0.445 e. The van der Waals surface area contributed by atoms with Crippen LogP contribution < -0.4 is 0 Å². The zero-order valence-electron chi connectivity index (χ0n) is 22.3. The summed E-state index contributed by atoms with van der Waals surface area (Å²) in [4.78, 5) is 27.6. The third-order valence-electron chi connectivity index (χ3n) is 7.60. The summed E-state index contributed by atoms with van der Waals surface area (Å²) in [7, 11) is 0. The Morgan fingerprint density at radius 2 is 1.84 bits per heavy atom. The topological polar surface area (TPSA) is 75.9 Å².